The van der Waals surface area contributed by atoms with Crippen LogP contribution in [0, 0.1) is 0 Å². The third-order valence-corrected chi connectivity index (χ3v) is 4.74. The summed E-state index contributed by atoms with van der Waals surface area (Å²) in [5.41, 5.74) is 1.46. The van der Waals surface area contributed by atoms with Gasteiger partial charge in [0.25, 0.3) is 5.91 Å². The Labute approximate surface area is 123 Å². The molecule has 1 amide bonds. The molecule has 1 aromatic rings. The Morgan fingerprint density at radius 3 is 3.05 bits per heavy atom. The van der Waals surface area contributed by atoms with Crippen molar-refractivity contribution in [3.05, 3.63) is 28.8 Å². The first-order valence-corrected chi connectivity index (χ1v) is 8.06. The van der Waals surface area contributed by atoms with Crippen molar-refractivity contribution in [1.29, 1.82) is 0 Å². The van der Waals surface area contributed by atoms with Gasteiger partial charge in [0.1, 0.15) is 0 Å². The number of halogens is 1. The number of benzene rings is 1. The number of anilines is 1. The van der Waals surface area contributed by atoms with Crippen molar-refractivity contribution >= 4 is 35.0 Å². The fourth-order valence-electron chi connectivity index (χ4n) is 2.16. The number of amides is 1. The first-order valence-electron chi connectivity index (χ1n) is 6.64. The van der Waals surface area contributed by atoms with Crippen LogP contribution in [0.4, 0.5) is 5.69 Å². The minimum absolute atomic E-state index is 0.0500. The number of hydrogen-bond acceptors (Lipinski definition) is 3. The average molecular weight is 299 g/mol. The normalized spacial score (nSPS) is 18.3. The van der Waals surface area contributed by atoms with E-state index < -0.39 is 0 Å². The van der Waals surface area contributed by atoms with E-state index in [0.717, 1.165) is 18.8 Å². The summed E-state index contributed by atoms with van der Waals surface area (Å²) in [6.45, 7) is 3.52. The van der Waals surface area contributed by atoms with E-state index in [0.29, 0.717) is 15.8 Å². The Bertz CT molecular complexity index is 447. The van der Waals surface area contributed by atoms with E-state index in [-0.39, 0.29) is 5.91 Å². The molecular weight excluding hydrogens is 280 g/mol. The Hall–Kier alpha value is -0.870. The van der Waals surface area contributed by atoms with Crippen molar-refractivity contribution in [3.8, 4) is 0 Å². The highest BCUT2D eigenvalue weighted by Gasteiger charge is 2.18. The Morgan fingerprint density at radius 2 is 2.37 bits per heavy atom. The molecule has 0 saturated carbocycles. The summed E-state index contributed by atoms with van der Waals surface area (Å²) in [6, 6.07) is 5.37. The van der Waals surface area contributed by atoms with Crippen molar-refractivity contribution in [2.75, 3.05) is 24.2 Å². The number of rotatable bonds is 5. The van der Waals surface area contributed by atoms with Gasteiger partial charge in [0.2, 0.25) is 0 Å². The SMILES string of the molecule is CCNc1ccc(Cl)cc1C(=O)NCC1CCCS1. The fourth-order valence-corrected chi connectivity index (χ4v) is 3.53. The van der Waals surface area contributed by atoms with Crippen LogP contribution in [0.15, 0.2) is 18.2 Å². The lowest BCUT2D eigenvalue weighted by molar-refractivity contribution is 0.0954. The van der Waals surface area contributed by atoms with Crippen molar-refractivity contribution in [2.24, 2.45) is 0 Å². The van der Waals surface area contributed by atoms with Crippen molar-refractivity contribution in [2.45, 2.75) is 25.0 Å². The van der Waals surface area contributed by atoms with Crippen LogP contribution >= 0.6 is 23.4 Å². The van der Waals surface area contributed by atoms with Gasteiger partial charge in [-0.2, -0.15) is 11.8 Å². The van der Waals surface area contributed by atoms with Crippen LogP contribution in [0.5, 0.6) is 0 Å². The van der Waals surface area contributed by atoms with E-state index in [1.54, 1.807) is 12.1 Å². The van der Waals surface area contributed by atoms with Gasteiger partial charge in [-0.3, -0.25) is 4.79 Å². The summed E-state index contributed by atoms with van der Waals surface area (Å²) >= 11 is 7.92. The summed E-state index contributed by atoms with van der Waals surface area (Å²) in [6.07, 6.45) is 2.45. The van der Waals surface area contributed by atoms with Crippen molar-refractivity contribution in [1.82, 2.24) is 5.32 Å². The predicted molar refractivity (Wildman–Crippen MR) is 83.4 cm³/mol. The van der Waals surface area contributed by atoms with Crippen molar-refractivity contribution in [3.63, 3.8) is 0 Å². The lowest BCUT2D eigenvalue weighted by Crippen LogP contribution is -2.30. The molecule has 5 heteroatoms. The van der Waals surface area contributed by atoms with Crippen LogP contribution in [-0.4, -0.2) is 30.0 Å². The number of carbonyl (C=O) groups excluding carboxylic acids is 1. The van der Waals surface area contributed by atoms with E-state index in [9.17, 15) is 4.79 Å². The molecule has 0 aliphatic carbocycles. The monoisotopic (exact) mass is 298 g/mol. The second kappa shape index (κ2) is 7.06. The second-order valence-corrected chi connectivity index (χ2v) is 6.41. The first-order chi connectivity index (χ1) is 9.20. The standard InChI is InChI=1S/C14H19ClN2OS/c1-2-16-13-6-5-10(15)8-12(13)14(18)17-9-11-4-3-7-19-11/h5-6,8,11,16H,2-4,7,9H2,1H3,(H,17,18). The third kappa shape index (κ3) is 4.05. The Kier molecular flexibility index (Phi) is 5.40. The van der Waals surface area contributed by atoms with Gasteiger partial charge < -0.3 is 10.6 Å². The molecule has 1 saturated heterocycles. The van der Waals surface area contributed by atoms with Crippen LogP contribution in [0.3, 0.4) is 0 Å². The molecule has 0 spiro atoms. The molecule has 1 atom stereocenters. The molecule has 0 radical (unpaired) electrons. The fraction of sp³-hybridized carbons (Fsp3) is 0.500. The molecule has 1 aromatic carbocycles. The molecule has 1 fully saturated rings. The Morgan fingerprint density at radius 1 is 1.53 bits per heavy atom. The first kappa shape index (κ1) is 14.5. The highest BCUT2D eigenvalue weighted by atomic mass is 35.5. The predicted octanol–water partition coefficient (Wildman–Crippen LogP) is 3.40. The zero-order valence-corrected chi connectivity index (χ0v) is 12.6. The summed E-state index contributed by atoms with van der Waals surface area (Å²) in [5.74, 6) is 1.16. The number of hydrogen-bond donors (Lipinski definition) is 2. The average Bonchev–Trinajstić information content (AvgIpc) is 2.91. The summed E-state index contributed by atoms with van der Waals surface area (Å²) in [7, 11) is 0. The number of carbonyl (C=O) groups is 1. The maximum atomic E-state index is 12.2. The van der Waals surface area contributed by atoms with E-state index >= 15 is 0 Å². The highest BCUT2D eigenvalue weighted by molar-refractivity contribution is 8.00. The van der Waals surface area contributed by atoms with E-state index in [1.807, 2.05) is 24.8 Å². The lowest BCUT2D eigenvalue weighted by Gasteiger charge is -2.13. The van der Waals surface area contributed by atoms with Crippen LogP contribution in [-0.2, 0) is 0 Å². The van der Waals surface area contributed by atoms with Gasteiger partial charge in [-0.25, -0.2) is 0 Å². The largest absolute Gasteiger partial charge is 0.385 e. The topological polar surface area (TPSA) is 41.1 Å². The zero-order chi connectivity index (χ0) is 13.7. The molecule has 19 heavy (non-hydrogen) atoms. The lowest BCUT2D eigenvalue weighted by atomic mass is 10.1. The van der Waals surface area contributed by atoms with Gasteiger partial charge in [0.05, 0.1) is 5.56 Å². The molecule has 1 aliphatic rings. The van der Waals surface area contributed by atoms with Gasteiger partial charge in [-0.1, -0.05) is 11.6 Å². The molecule has 2 N–H and O–H groups in total. The zero-order valence-electron chi connectivity index (χ0n) is 11.0. The second-order valence-electron chi connectivity index (χ2n) is 4.57. The summed E-state index contributed by atoms with van der Waals surface area (Å²) in [5, 5.41) is 7.34. The summed E-state index contributed by atoms with van der Waals surface area (Å²) < 4.78 is 0. The number of thioether (sulfide) groups is 1. The molecule has 1 aliphatic heterocycles. The van der Waals surface area contributed by atoms with Crippen molar-refractivity contribution < 1.29 is 4.79 Å². The smallest absolute Gasteiger partial charge is 0.253 e. The maximum absolute atomic E-state index is 12.2. The van der Waals surface area contributed by atoms with E-state index in [2.05, 4.69) is 10.6 Å². The molecule has 1 heterocycles. The molecule has 3 nitrogen and oxygen atoms in total. The molecule has 0 bridgehead atoms. The summed E-state index contributed by atoms with van der Waals surface area (Å²) in [4.78, 5) is 12.2. The minimum atomic E-state index is -0.0500. The molecule has 104 valence electrons. The molecular formula is C14H19ClN2OS. The van der Waals surface area contributed by atoms with Crippen LogP contribution < -0.4 is 10.6 Å². The third-order valence-electron chi connectivity index (χ3n) is 3.11. The van der Waals surface area contributed by atoms with Gasteiger partial charge in [0.15, 0.2) is 0 Å². The highest BCUT2D eigenvalue weighted by Crippen LogP contribution is 2.26. The Balaban J connectivity index is 2.02. The van der Waals surface area contributed by atoms with E-state index in [4.69, 9.17) is 11.6 Å². The minimum Gasteiger partial charge on any atom is -0.385 e. The molecule has 1 unspecified atom stereocenters. The maximum Gasteiger partial charge on any atom is 0.253 e. The van der Waals surface area contributed by atoms with Crippen LogP contribution in [0.25, 0.3) is 0 Å². The van der Waals surface area contributed by atoms with Gasteiger partial charge in [-0.15, -0.1) is 0 Å². The van der Waals surface area contributed by atoms with Crippen LogP contribution in [0.1, 0.15) is 30.1 Å². The molecule has 0 aromatic heterocycles. The van der Waals surface area contributed by atoms with E-state index in [1.165, 1.54) is 18.6 Å². The van der Waals surface area contributed by atoms with Gasteiger partial charge in [0, 0.05) is 29.0 Å². The number of nitrogens with one attached hydrogen (secondary N) is 2. The van der Waals surface area contributed by atoms with Crippen LogP contribution in [0.2, 0.25) is 5.02 Å². The van der Waals surface area contributed by atoms with Gasteiger partial charge >= 0.3 is 0 Å². The molecule has 2 rings (SSSR count). The quantitative estimate of drug-likeness (QED) is 0.875. The van der Waals surface area contributed by atoms with Gasteiger partial charge in [-0.05, 0) is 43.7 Å².